The van der Waals surface area contributed by atoms with Crippen LogP contribution in [-0.4, -0.2) is 11.3 Å². The molecule has 0 bridgehead atoms. The van der Waals surface area contributed by atoms with Gasteiger partial charge in [-0.1, -0.05) is 18.2 Å². The number of aldehydes is 1. The highest BCUT2D eigenvalue weighted by Gasteiger charge is 2.39. The van der Waals surface area contributed by atoms with E-state index in [1.165, 1.54) is 24.4 Å². The average molecular weight is 405 g/mol. The molecule has 1 aromatic heterocycles. The fourth-order valence-electron chi connectivity index (χ4n) is 3.54. The van der Waals surface area contributed by atoms with Crippen molar-refractivity contribution < 1.29 is 26.7 Å². The molecule has 0 fully saturated rings. The van der Waals surface area contributed by atoms with Crippen molar-refractivity contribution in [2.24, 2.45) is 0 Å². The standard InChI is InChI=1S/C22H16F5NO/c1-14-12-17(8-10-28-14)21(9-11-29,19-7-6-18(23)13-20(19)24)15-2-4-16(5-3-15)22(25,26)27/h2-8,10-13H,9H2,1H3. The molecule has 1 atom stereocenters. The van der Waals surface area contributed by atoms with Crippen LogP contribution < -0.4 is 0 Å². The molecule has 150 valence electrons. The van der Waals surface area contributed by atoms with Gasteiger partial charge in [-0.2, -0.15) is 13.2 Å². The second kappa shape index (κ2) is 7.73. The van der Waals surface area contributed by atoms with Crippen LogP contribution in [0.3, 0.4) is 0 Å². The lowest BCUT2D eigenvalue weighted by atomic mass is 9.67. The maximum Gasteiger partial charge on any atom is 0.416 e. The first-order valence-electron chi connectivity index (χ1n) is 8.68. The van der Waals surface area contributed by atoms with Gasteiger partial charge in [0.05, 0.1) is 11.0 Å². The SMILES string of the molecule is Cc1cc(C(CC=O)(c2ccc(C(F)(F)F)cc2)c2ccc(F)cc2F)ccn1. The van der Waals surface area contributed by atoms with E-state index in [-0.39, 0.29) is 17.5 Å². The van der Waals surface area contributed by atoms with Crippen molar-refractivity contribution in [3.8, 4) is 0 Å². The second-order valence-electron chi connectivity index (χ2n) is 6.66. The van der Waals surface area contributed by atoms with Gasteiger partial charge in [-0.05, 0) is 48.4 Å². The molecule has 0 N–H and O–H groups in total. The molecular weight excluding hydrogens is 389 g/mol. The van der Waals surface area contributed by atoms with Gasteiger partial charge in [0.2, 0.25) is 0 Å². The summed E-state index contributed by atoms with van der Waals surface area (Å²) in [5.74, 6) is -1.70. The lowest BCUT2D eigenvalue weighted by Crippen LogP contribution is -2.31. The van der Waals surface area contributed by atoms with Crippen molar-refractivity contribution in [1.82, 2.24) is 4.98 Å². The van der Waals surface area contributed by atoms with Crippen LogP contribution in [0.4, 0.5) is 22.0 Å². The van der Waals surface area contributed by atoms with Crippen molar-refractivity contribution in [3.63, 3.8) is 0 Å². The van der Waals surface area contributed by atoms with E-state index in [0.717, 1.165) is 18.2 Å². The number of carbonyl (C=O) groups is 1. The molecule has 0 aliphatic rings. The van der Waals surface area contributed by atoms with Crippen LogP contribution in [0.2, 0.25) is 0 Å². The van der Waals surface area contributed by atoms with Gasteiger partial charge in [-0.3, -0.25) is 4.98 Å². The lowest BCUT2D eigenvalue weighted by molar-refractivity contribution is -0.137. The lowest BCUT2D eigenvalue weighted by Gasteiger charge is -2.35. The predicted molar refractivity (Wildman–Crippen MR) is 97.3 cm³/mol. The number of alkyl halides is 3. The van der Waals surface area contributed by atoms with Crippen LogP contribution in [0.1, 0.15) is 34.4 Å². The number of aromatic nitrogens is 1. The van der Waals surface area contributed by atoms with E-state index in [1.807, 2.05) is 0 Å². The number of benzene rings is 2. The molecule has 0 aliphatic carbocycles. The number of rotatable bonds is 5. The summed E-state index contributed by atoms with van der Waals surface area (Å²) in [6.07, 6.45) is -2.77. The number of hydrogen-bond donors (Lipinski definition) is 0. The highest BCUT2D eigenvalue weighted by atomic mass is 19.4. The summed E-state index contributed by atoms with van der Waals surface area (Å²) in [5, 5.41) is 0. The number of nitrogens with zero attached hydrogens (tertiary/aromatic N) is 1. The van der Waals surface area contributed by atoms with Gasteiger partial charge in [0, 0.05) is 29.9 Å². The van der Waals surface area contributed by atoms with E-state index in [0.29, 0.717) is 23.6 Å². The van der Waals surface area contributed by atoms with E-state index < -0.39 is 28.8 Å². The van der Waals surface area contributed by atoms with Gasteiger partial charge in [-0.25, -0.2) is 8.78 Å². The van der Waals surface area contributed by atoms with Gasteiger partial charge < -0.3 is 4.79 Å². The van der Waals surface area contributed by atoms with E-state index in [2.05, 4.69) is 4.98 Å². The summed E-state index contributed by atoms with van der Waals surface area (Å²) in [4.78, 5) is 15.7. The Balaban J connectivity index is 2.34. The van der Waals surface area contributed by atoms with Gasteiger partial charge in [0.1, 0.15) is 17.9 Å². The molecule has 2 aromatic carbocycles. The van der Waals surface area contributed by atoms with Crippen molar-refractivity contribution >= 4 is 6.29 Å². The molecule has 2 nitrogen and oxygen atoms in total. The monoisotopic (exact) mass is 405 g/mol. The Morgan fingerprint density at radius 2 is 1.55 bits per heavy atom. The van der Waals surface area contributed by atoms with Gasteiger partial charge >= 0.3 is 6.18 Å². The summed E-state index contributed by atoms with van der Waals surface area (Å²) >= 11 is 0. The Bertz CT molecular complexity index is 1030. The number of hydrogen-bond acceptors (Lipinski definition) is 2. The topological polar surface area (TPSA) is 30.0 Å². The highest BCUT2D eigenvalue weighted by molar-refractivity contribution is 5.62. The first kappa shape index (κ1) is 20.6. The number of halogens is 5. The van der Waals surface area contributed by atoms with Crippen LogP contribution in [0, 0.1) is 18.6 Å². The van der Waals surface area contributed by atoms with Crippen LogP contribution >= 0.6 is 0 Å². The van der Waals surface area contributed by atoms with Crippen molar-refractivity contribution in [2.75, 3.05) is 0 Å². The molecule has 0 amide bonds. The Morgan fingerprint density at radius 3 is 2.10 bits per heavy atom. The van der Waals surface area contributed by atoms with E-state index >= 15 is 0 Å². The Hall–Kier alpha value is -3.09. The molecule has 29 heavy (non-hydrogen) atoms. The normalized spacial score (nSPS) is 13.7. The number of carbonyl (C=O) groups excluding carboxylic acids is 1. The number of aryl methyl sites for hydroxylation is 1. The third kappa shape index (κ3) is 3.90. The average Bonchev–Trinajstić information content (AvgIpc) is 2.66. The Morgan fingerprint density at radius 1 is 0.897 bits per heavy atom. The summed E-state index contributed by atoms with van der Waals surface area (Å²) in [6.45, 7) is 1.70. The molecule has 1 heterocycles. The first-order valence-corrected chi connectivity index (χ1v) is 8.68. The third-order valence-electron chi connectivity index (χ3n) is 4.87. The molecule has 3 rings (SSSR count). The predicted octanol–water partition coefficient (Wildman–Crippen LogP) is 5.61. The highest BCUT2D eigenvalue weighted by Crippen LogP contribution is 2.43. The molecular formula is C22H16F5NO. The van der Waals surface area contributed by atoms with Gasteiger partial charge in [0.15, 0.2) is 0 Å². The van der Waals surface area contributed by atoms with Crippen molar-refractivity contribution in [1.29, 1.82) is 0 Å². The molecule has 7 heteroatoms. The molecule has 0 aliphatic heterocycles. The molecule has 0 radical (unpaired) electrons. The maximum atomic E-state index is 14.9. The van der Waals surface area contributed by atoms with Gasteiger partial charge in [-0.15, -0.1) is 0 Å². The minimum absolute atomic E-state index is 0.0173. The zero-order valence-electron chi connectivity index (χ0n) is 15.3. The molecule has 0 saturated heterocycles. The first-order chi connectivity index (χ1) is 13.7. The summed E-state index contributed by atoms with van der Waals surface area (Å²) in [7, 11) is 0. The fourth-order valence-corrected chi connectivity index (χ4v) is 3.54. The molecule has 3 aromatic rings. The molecule has 0 spiro atoms. The van der Waals surface area contributed by atoms with Crippen LogP contribution in [0.5, 0.6) is 0 Å². The van der Waals surface area contributed by atoms with E-state index in [1.54, 1.807) is 19.1 Å². The zero-order valence-corrected chi connectivity index (χ0v) is 15.3. The number of pyridine rings is 1. The van der Waals surface area contributed by atoms with Crippen molar-refractivity contribution in [2.45, 2.75) is 24.9 Å². The quantitative estimate of drug-likeness (QED) is 0.408. The maximum absolute atomic E-state index is 14.9. The molecule has 0 saturated carbocycles. The Kier molecular flexibility index (Phi) is 5.50. The van der Waals surface area contributed by atoms with Crippen LogP contribution in [0.25, 0.3) is 0 Å². The Labute approximate surface area is 164 Å². The third-order valence-corrected chi connectivity index (χ3v) is 4.87. The van der Waals surface area contributed by atoms with Gasteiger partial charge in [0.25, 0.3) is 0 Å². The van der Waals surface area contributed by atoms with Crippen LogP contribution in [-0.2, 0) is 16.4 Å². The summed E-state index contributed by atoms with van der Waals surface area (Å²) < 4.78 is 67.4. The zero-order chi connectivity index (χ0) is 21.2. The minimum atomic E-state index is -4.54. The minimum Gasteiger partial charge on any atom is -0.303 e. The summed E-state index contributed by atoms with van der Waals surface area (Å²) in [6, 6.07) is 10.3. The summed E-state index contributed by atoms with van der Waals surface area (Å²) in [5.41, 5.74) is -1.02. The largest absolute Gasteiger partial charge is 0.416 e. The second-order valence-corrected chi connectivity index (χ2v) is 6.66. The van der Waals surface area contributed by atoms with E-state index in [4.69, 9.17) is 0 Å². The molecule has 1 unspecified atom stereocenters. The van der Waals surface area contributed by atoms with E-state index in [9.17, 15) is 26.7 Å². The smallest absolute Gasteiger partial charge is 0.303 e. The van der Waals surface area contributed by atoms with Crippen molar-refractivity contribution in [3.05, 3.63) is 100 Å². The van der Waals surface area contributed by atoms with Crippen LogP contribution in [0.15, 0.2) is 60.8 Å². The fraction of sp³-hybridized carbons (Fsp3) is 0.182.